The quantitative estimate of drug-likeness (QED) is 0.751. The Morgan fingerprint density at radius 1 is 1.23 bits per heavy atom. The van der Waals surface area contributed by atoms with Gasteiger partial charge in [-0.05, 0) is 38.5 Å². The second kappa shape index (κ2) is 8.40. The van der Waals surface area contributed by atoms with Crippen molar-refractivity contribution in [3.8, 4) is 5.75 Å². The van der Waals surface area contributed by atoms with Gasteiger partial charge >= 0.3 is 12.1 Å². The van der Waals surface area contributed by atoms with E-state index in [4.69, 9.17) is 14.2 Å². The summed E-state index contributed by atoms with van der Waals surface area (Å²) in [6, 6.07) is 6.43. The van der Waals surface area contributed by atoms with E-state index in [1.165, 1.54) is 7.11 Å². The summed E-state index contributed by atoms with van der Waals surface area (Å²) in [5, 5.41) is 11.8. The lowest BCUT2D eigenvalue weighted by atomic mass is 9.92. The van der Waals surface area contributed by atoms with Gasteiger partial charge in [0, 0.05) is 19.3 Å². The smallest absolute Gasteiger partial charge is 0.408 e. The lowest BCUT2D eigenvalue weighted by Gasteiger charge is -2.31. The summed E-state index contributed by atoms with van der Waals surface area (Å²) in [5.41, 5.74) is 0.191. The molecule has 7 nitrogen and oxygen atoms in total. The van der Waals surface area contributed by atoms with Gasteiger partial charge in [-0.15, -0.1) is 0 Å². The van der Waals surface area contributed by atoms with Crippen LogP contribution < -0.4 is 10.1 Å². The molecule has 7 heteroatoms. The molecule has 1 aromatic rings. The third kappa shape index (κ3) is 6.22. The minimum atomic E-state index is -0.844. The SMILES string of the molecule is COC(=O)C(Cc1ccc(OC2CC(O)C2)cc1)NC(=O)OC(C)(C)C. The van der Waals surface area contributed by atoms with Gasteiger partial charge in [-0.1, -0.05) is 12.1 Å². The maximum absolute atomic E-state index is 12.0. The zero-order valence-electron chi connectivity index (χ0n) is 15.7. The van der Waals surface area contributed by atoms with Crippen LogP contribution in [-0.2, 0) is 20.7 Å². The fourth-order valence-electron chi connectivity index (χ4n) is 2.55. The Morgan fingerprint density at radius 3 is 2.35 bits per heavy atom. The maximum atomic E-state index is 12.0. The number of carbonyl (C=O) groups excluding carboxylic acids is 2. The Hall–Kier alpha value is -2.28. The predicted octanol–water partition coefficient (Wildman–Crippen LogP) is 2.20. The van der Waals surface area contributed by atoms with Crippen LogP contribution in [0.3, 0.4) is 0 Å². The molecule has 0 bridgehead atoms. The second-order valence-electron chi connectivity index (χ2n) is 7.44. The second-order valence-corrected chi connectivity index (χ2v) is 7.44. The molecule has 0 aromatic heterocycles. The van der Waals surface area contributed by atoms with Gasteiger partial charge in [-0.25, -0.2) is 9.59 Å². The number of rotatable bonds is 6. The third-order valence-electron chi connectivity index (χ3n) is 3.91. The van der Waals surface area contributed by atoms with Gasteiger partial charge in [0.05, 0.1) is 13.2 Å². The molecule has 26 heavy (non-hydrogen) atoms. The molecule has 1 aliphatic carbocycles. The van der Waals surface area contributed by atoms with Crippen molar-refractivity contribution in [3.05, 3.63) is 29.8 Å². The van der Waals surface area contributed by atoms with Crippen LogP contribution >= 0.6 is 0 Å². The zero-order chi connectivity index (χ0) is 19.3. The third-order valence-corrected chi connectivity index (χ3v) is 3.91. The van der Waals surface area contributed by atoms with Gasteiger partial charge in [0.2, 0.25) is 0 Å². The monoisotopic (exact) mass is 365 g/mol. The highest BCUT2D eigenvalue weighted by Gasteiger charge is 2.29. The lowest BCUT2D eigenvalue weighted by molar-refractivity contribution is -0.143. The molecule has 0 saturated heterocycles. The average molecular weight is 365 g/mol. The molecule has 0 aliphatic heterocycles. The van der Waals surface area contributed by atoms with Crippen molar-refractivity contribution in [1.82, 2.24) is 5.32 Å². The van der Waals surface area contributed by atoms with Crippen LogP contribution in [0.15, 0.2) is 24.3 Å². The minimum Gasteiger partial charge on any atom is -0.490 e. The highest BCUT2D eigenvalue weighted by atomic mass is 16.6. The Balaban J connectivity index is 1.94. The summed E-state index contributed by atoms with van der Waals surface area (Å²) < 4.78 is 15.7. The standard InChI is InChI=1S/C19H27NO6/c1-19(2,3)26-18(23)20-16(17(22)24-4)9-12-5-7-14(8-6-12)25-15-10-13(21)11-15/h5-8,13,15-16,21H,9-11H2,1-4H3,(H,20,23). The highest BCUT2D eigenvalue weighted by molar-refractivity contribution is 5.81. The molecule has 1 amide bonds. The van der Waals surface area contributed by atoms with E-state index >= 15 is 0 Å². The van der Waals surface area contributed by atoms with Crippen molar-refractivity contribution in [2.45, 2.75) is 63.9 Å². The largest absolute Gasteiger partial charge is 0.490 e. The van der Waals surface area contributed by atoms with E-state index in [1.54, 1.807) is 20.8 Å². The average Bonchev–Trinajstić information content (AvgIpc) is 2.52. The van der Waals surface area contributed by atoms with Gasteiger partial charge in [-0.3, -0.25) is 0 Å². The first-order chi connectivity index (χ1) is 12.2. The Morgan fingerprint density at radius 2 is 1.85 bits per heavy atom. The zero-order valence-corrected chi connectivity index (χ0v) is 15.7. The molecule has 2 N–H and O–H groups in total. The molecule has 1 saturated carbocycles. The molecular weight excluding hydrogens is 338 g/mol. The number of hydrogen-bond acceptors (Lipinski definition) is 6. The minimum absolute atomic E-state index is 0.0486. The number of aliphatic hydroxyl groups is 1. The van der Waals surface area contributed by atoms with E-state index in [0.717, 1.165) is 5.56 Å². The summed E-state index contributed by atoms with van der Waals surface area (Å²) in [6.45, 7) is 5.25. The number of ether oxygens (including phenoxy) is 3. The van der Waals surface area contributed by atoms with Gasteiger partial charge in [0.15, 0.2) is 0 Å². The lowest BCUT2D eigenvalue weighted by Crippen LogP contribution is -2.45. The van der Waals surface area contributed by atoms with Crippen LogP contribution in [-0.4, -0.2) is 48.1 Å². The molecule has 1 fully saturated rings. The molecule has 1 atom stereocenters. The number of aliphatic hydroxyl groups excluding tert-OH is 1. The van der Waals surface area contributed by atoms with Crippen molar-refractivity contribution in [2.75, 3.05) is 7.11 Å². The molecule has 0 spiro atoms. The molecule has 144 valence electrons. The summed E-state index contributed by atoms with van der Waals surface area (Å²) in [4.78, 5) is 23.9. The van der Waals surface area contributed by atoms with E-state index in [1.807, 2.05) is 24.3 Å². The first-order valence-corrected chi connectivity index (χ1v) is 8.67. The van der Waals surface area contributed by atoms with Gasteiger partial charge in [-0.2, -0.15) is 0 Å². The summed E-state index contributed by atoms with van der Waals surface area (Å²) in [7, 11) is 1.27. The van der Waals surface area contributed by atoms with Crippen LogP contribution in [0.5, 0.6) is 5.75 Å². The van der Waals surface area contributed by atoms with Gasteiger partial charge in [0.25, 0.3) is 0 Å². The summed E-state index contributed by atoms with van der Waals surface area (Å²) >= 11 is 0. The molecule has 2 rings (SSSR count). The fourth-order valence-corrected chi connectivity index (χ4v) is 2.55. The van der Waals surface area contributed by atoms with E-state index in [-0.39, 0.29) is 18.6 Å². The van der Waals surface area contributed by atoms with Crippen LogP contribution in [0, 0.1) is 0 Å². The first kappa shape index (κ1) is 20.0. The number of hydrogen-bond donors (Lipinski definition) is 2. The number of alkyl carbamates (subject to hydrolysis) is 1. The Labute approximate surface area is 153 Å². The molecule has 0 heterocycles. The molecule has 1 aromatic carbocycles. The van der Waals surface area contributed by atoms with Crippen molar-refractivity contribution in [3.63, 3.8) is 0 Å². The van der Waals surface area contributed by atoms with Crippen molar-refractivity contribution in [1.29, 1.82) is 0 Å². The highest BCUT2D eigenvalue weighted by Crippen LogP contribution is 2.26. The fraction of sp³-hybridized carbons (Fsp3) is 0.579. The van der Waals surface area contributed by atoms with Crippen molar-refractivity contribution < 1.29 is 28.9 Å². The van der Waals surface area contributed by atoms with Gasteiger partial charge < -0.3 is 24.6 Å². The van der Waals surface area contributed by atoms with Crippen LogP contribution in [0.1, 0.15) is 39.2 Å². The Kier molecular flexibility index (Phi) is 6.47. The van der Waals surface area contributed by atoms with Crippen molar-refractivity contribution >= 4 is 12.1 Å². The number of carbonyl (C=O) groups is 2. The van der Waals surface area contributed by atoms with Gasteiger partial charge in [0.1, 0.15) is 23.5 Å². The molecule has 1 aliphatic rings. The number of nitrogens with one attached hydrogen (secondary N) is 1. The summed E-state index contributed by atoms with van der Waals surface area (Å²) in [6.07, 6.45) is 0.676. The summed E-state index contributed by atoms with van der Waals surface area (Å²) in [5.74, 6) is 0.167. The van der Waals surface area contributed by atoms with Crippen LogP contribution in [0.4, 0.5) is 4.79 Å². The van der Waals surface area contributed by atoms with E-state index < -0.39 is 23.7 Å². The number of esters is 1. The normalized spacial score (nSPS) is 20.5. The molecule has 0 radical (unpaired) electrons. The van der Waals surface area contributed by atoms with Crippen molar-refractivity contribution in [2.24, 2.45) is 0 Å². The van der Waals surface area contributed by atoms with E-state index in [2.05, 4.69) is 5.32 Å². The topological polar surface area (TPSA) is 94.1 Å². The first-order valence-electron chi connectivity index (χ1n) is 8.67. The maximum Gasteiger partial charge on any atom is 0.408 e. The van der Waals surface area contributed by atoms with E-state index in [0.29, 0.717) is 18.6 Å². The Bertz CT molecular complexity index is 616. The number of benzene rings is 1. The predicted molar refractivity (Wildman–Crippen MR) is 95.0 cm³/mol. The number of amides is 1. The molecular formula is C19H27NO6. The van der Waals surface area contributed by atoms with E-state index in [9.17, 15) is 14.7 Å². The van der Waals surface area contributed by atoms with Crippen LogP contribution in [0.2, 0.25) is 0 Å². The van der Waals surface area contributed by atoms with Crippen LogP contribution in [0.25, 0.3) is 0 Å². The molecule has 1 unspecified atom stereocenters. The number of methoxy groups -OCH3 is 1.